The molecule has 1 heterocycles. The smallest absolute Gasteiger partial charge is 0.227 e. The number of halogens is 1. The Morgan fingerprint density at radius 2 is 2.08 bits per heavy atom. The highest BCUT2D eigenvalue weighted by atomic mass is 35.5. The van der Waals surface area contributed by atoms with Crippen molar-refractivity contribution in [1.29, 1.82) is 0 Å². The van der Waals surface area contributed by atoms with E-state index < -0.39 is 0 Å². The van der Waals surface area contributed by atoms with Crippen LogP contribution in [-0.4, -0.2) is 58.6 Å². The number of rotatable bonds is 7. The number of aliphatic hydroxyl groups is 1. The summed E-state index contributed by atoms with van der Waals surface area (Å²) < 4.78 is 0. The zero-order valence-corrected chi connectivity index (χ0v) is 14.8. The molecular weight excluding hydrogens is 330 g/mol. The normalized spacial score (nSPS) is 24.4. The first-order chi connectivity index (χ1) is 11.4. The van der Waals surface area contributed by atoms with Gasteiger partial charge in [0.05, 0.1) is 17.6 Å². The van der Waals surface area contributed by atoms with E-state index in [1.54, 1.807) is 0 Å². The van der Waals surface area contributed by atoms with Crippen LogP contribution in [0.25, 0.3) is 0 Å². The first-order valence-corrected chi connectivity index (χ1v) is 8.64. The fourth-order valence-electron chi connectivity index (χ4n) is 3.25. The fraction of sp³-hybridized carbons (Fsp3) is 0.688. The lowest BCUT2D eigenvalue weighted by molar-refractivity contribution is -0.128. The lowest BCUT2D eigenvalue weighted by atomic mass is 9.86. The summed E-state index contributed by atoms with van der Waals surface area (Å²) in [7, 11) is 4.00. The van der Waals surface area contributed by atoms with Crippen molar-refractivity contribution in [1.82, 2.24) is 20.2 Å². The zero-order chi connectivity index (χ0) is 17.3. The van der Waals surface area contributed by atoms with Gasteiger partial charge in [0.1, 0.15) is 17.3 Å². The number of nitrogens with one attached hydrogen (secondary N) is 2. The molecule has 1 aromatic heterocycles. The average Bonchev–Trinajstić information content (AvgIpc) is 3.25. The topological polar surface area (TPSA) is 90.4 Å². The van der Waals surface area contributed by atoms with Crippen molar-refractivity contribution < 1.29 is 9.90 Å². The third-order valence-corrected chi connectivity index (χ3v) is 5.14. The van der Waals surface area contributed by atoms with Crippen molar-refractivity contribution in [2.45, 2.75) is 44.4 Å². The molecule has 0 atom stereocenters. The summed E-state index contributed by atoms with van der Waals surface area (Å²) in [4.78, 5) is 22.5. The Kier molecular flexibility index (Phi) is 4.94. The maximum Gasteiger partial charge on any atom is 0.227 e. The molecule has 2 aliphatic carbocycles. The molecule has 0 bridgehead atoms. The molecule has 132 valence electrons. The highest BCUT2D eigenvalue weighted by molar-refractivity contribution is 6.30. The second-order valence-electron chi connectivity index (χ2n) is 7.15. The van der Waals surface area contributed by atoms with Crippen molar-refractivity contribution >= 4 is 23.3 Å². The molecule has 2 aliphatic rings. The summed E-state index contributed by atoms with van der Waals surface area (Å²) in [5.41, 5.74) is 0.335. The number of anilines is 1. The maximum atomic E-state index is 12.4. The van der Waals surface area contributed by atoms with E-state index in [9.17, 15) is 9.90 Å². The van der Waals surface area contributed by atoms with Gasteiger partial charge in [0, 0.05) is 18.6 Å². The number of hydrogen-bond donors (Lipinski definition) is 3. The summed E-state index contributed by atoms with van der Waals surface area (Å²) in [6.45, 7) is 0.606. The van der Waals surface area contributed by atoms with Gasteiger partial charge in [-0.1, -0.05) is 11.6 Å². The number of aliphatic hydroxyl groups excluding tert-OH is 1. The van der Waals surface area contributed by atoms with Gasteiger partial charge < -0.3 is 20.6 Å². The Bertz CT molecular complexity index is 614. The highest BCUT2D eigenvalue weighted by Gasteiger charge is 2.51. The number of carbonyl (C=O) groups excluding carboxylic acids is 1. The van der Waals surface area contributed by atoms with Gasteiger partial charge in [0.15, 0.2) is 0 Å². The van der Waals surface area contributed by atoms with E-state index in [-0.39, 0.29) is 35.2 Å². The molecule has 7 nitrogen and oxygen atoms in total. The third kappa shape index (κ3) is 3.63. The second-order valence-corrected chi connectivity index (χ2v) is 7.51. The van der Waals surface area contributed by atoms with Crippen molar-refractivity contribution in [3.05, 3.63) is 17.0 Å². The average molecular weight is 354 g/mol. The predicted molar refractivity (Wildman–Crippen MR) is 91.8 cm³/mol. The SMILES string of the molecule is CN(C)CC1(C(=O)NC2CC(Nc3ncnc(Cl)c3CO)C2)CC1. The van der Waals surface area contributed by atoms with Gasteiger partial charge in [0.25, 0.3) is 0 Å². The van der Waals surface area contributed by atoms with Crippen molar-refractivity contribution in [2.24, 2.45) is 5.41 Å². The molecule has 0 unspecified atom stereocenters. The molecule has 0 spiro atoms. The van der Waals surface area contributed by atoms with Crippen LogP contribution < -0.4 is 10.6 Å². The summed E-state index contributed by atoms with van der Waals surface area (Å²) >= 11 is 5.96. The lowest BCUT2D eigenvalue weighted by Crippen LogP contribution is -2.52. The van der Waals surface area contributed by atoms with Crippen LogP contribution in [-0.2, 0) is 11.4 Å². The molecule has 1 amide bonds. The van der Waals surface area contributed by atoms with Crippen LogP contribution in [0.3, 0.4) is 0 Å². The van der Waals surface area contributed by atoms with Crippen molar-refractivity contribution in [3.8, 4) is 0 Å². The maximum absolute atomic E-state index is 12.4. The molecule has 2 fully saturated rings. The van der Waals surface area contributed by atoms with E-state index in [0.29, 0.717) is 11.4 Å². The molecule has 1 aromatic rings. The Labute approximate surface area is 146 Å². The van der Waals surface area contributed by atoms with Crippen LogP contribution in [0.5, 0.6) is 0 Å². The van der Waals surface area contributed by atoms with E-state index in [4.69, 9.17) is 11.6 Å². The van der Waals surface area contributed by atoms with Crippen molar-refractivity contribution in [3.63, 3.8) is 0 Å². The monoisotopic (exact) mass is 353 g/mol. The molecule has 8 heteroatoms. The third-order valence-electron chi connectivity index (χ3n) is 4.82. The summed E-state index contributed by atoms with van der Waals surface area (Å²) in [6, 6.07) is 0.417. The predicted octanol–water partition coefficient (Wildman–Crippen LogP) is 1.02. The highest BCUT2D eigenvalue weighted by Crippen LogP contribution is 2.46. The van der Waals surface area contributed by atoms with Gasteiger partial charge in [-0.3, -0.25) is 4.79 Å². The standard InChI is InChI=1S/C16H24ClN5O2/c1-22(2)8-16(3-4-16)15(24)21-11-5-10(6-11)20-14-12(7-23)13(17)18-9-19-14/h9-11,23H,3-8H2,1-2H3,(H,21,24)(H,18,19,20). The minimum atomic E-state index is -0.206. The first-order valence-electron chi connectivity index (χ1n) is 8.26. The quantitative estimate of drug-likeness (QED) is 0.634. The summed E-state index contributed by atoms with van der Waals surface area (Å²) in [5, 5.41) is 16.1. The van der Waals surface area contributed by atoms with E-state index >= 15 is 0 Å². The molecule has 3 rings (SSSR count). The lowest BCUT2D eigenvalue weighted by Gasteiger charge is -2.38. The van der Waals surface area contributed by atoms with Gasteiger partial charge in [-0.25, -0.2) is 9.97 Å². The largest absolute Gasteiger partial charge is 0.391 e. The van der Waals surface area contributed by atoms with Gasteiger partial charge in [-0.2, -0.15) is 0 Å². The van der Waals surface area contributed by atoms with Gasteiger partial charge in [-0.15, -0.1) is 0 Å². The van der Waals surface area contributed by atoms with Crippen LogP contribution in [0.2, 0.25) is 5.15 Å². The van der Waals surface area contributed by atoms with E-state index in [2.05, 4.69) is 25.5 Å². The van der Waals surface area contributed by atoms with E-state index in [1.165, 1.54) is 6.33 Å². The number of hydrogen-bond acceptors (Lipinski definition) is 6. The molecule has 0 radical (unpaired) electrons. The minimum Gasteiger partial charge on any atom is -0.391 e. The number of aromatic nitrogens is 2. The molecule has 0 saturated heterocycles. The number of carbonyl (C=O) groups is 1. The Morgan fingerprint density at radius 1 is 1.38 bits per heavy atom. The second kappa shape index (κ2) is 6.82. The van der Waals surface area contributed by atoms with Crippen LogP contribution in [0.15, 0.2) is 6.33 Å². The Hall–Kier alpha value is -1.44. The minimum absolute atomic E-state index is 0.174. The molecule has 2 saturated carbocycles. The van der Waals surface area contributed by atoms with Crippen LogP contribution in [0.1, 0.15) is 31.2 Å². The molecule has 0 aliphatic heterocycles. The molecule has 0 aromatic carbocycles. The fourth-order valence-corrected chi connectivity index (χ4v) is 3.45. The van der Waals surface area contributed by atoms with Crippen LogP contribution >= 0.6 is 11.6 Å². The molecule has 3 N–H and O–H groups in total. The number of amides is 1. The van der Waals surface area contributed by atoms with Gasteiger partial charge >= 0.3 is 0 Å². The van der Waals surface area contributed by atoms with E-state index in [0.717, 1.165) is 32.2 Å². The molecule has 24 heavy (non-hydrogen) atoms. The van der Waals surface area contributed by atoms with Crippen LogP contribution in [0.4, 0.5) is 5.82 Å². The van der Waals surface area contributed by atoms with Crippen molar-refractivity contribution in [2.75, 3.05) is 26.0 Å². The zero-order valence-electron chi connectivity index (χ0n) is 14.0. The van der Waals surface area contributed by atoms with Crippen LogP contribution in [0, 0.1) is 5.41 Å². The number of nitrogens with zero attached hydrogens (tertiary/aromatic N) is 3. The van der Waals surface area contributed by atoms with Gasteiger partial charge in [0.2, 0.25) is 5.91 Å². The van der Waals surface area contributed by atoms with Gasteiger partial charge in [-0.05, 0) is 39.8 Å². The van der Waals surface area contributed by atoms with E-state index in [1.807, 2.05) is 14.1 Å². The first kappa shape index (κ1) is 17.4. The summed E-state index contributed by atoms with van der Waals surface area (Å²) in [5.74, 6) is 0.749. The Morgan fingerprint density at radius 3 is 2.67 bits per heavy atom. The summed E-state index contributed by atoms with van der Waals surface area (Å²) in [6.07, 6.45) is 5.02. The molecular formula is C16H24ClN5O2. The Balaban J connectivity index is 1.48.